The van der Waals surface area contributed by atoms with Crippen LogP contribution in [0.15, 0.2) is 65.6 Å². The van der Waals surface area contributed by atoms with Gasteiger partial charge in [0.2, 0.25) is 0 Å². The minimum absolute atomic E-state index is 0.0876. The van der Waals surface area contributed by atoms with Gasteiger partial charge in [-0.25, -0.2) is 0 Å². The van der Waals surface area contributed by atoms with Gasteiger partial charge in [0, 0.05) is 0 Å². The molecule has 0 bridgehead atoms. The summed E-state index contributed by atoms with van der Waals surface area (Å²) in [6, 6.07) is 18.5. The molecule has 0 N–H and O–H groups in total. The summed E-state index contributed by atoms with van der Waals surface area (Å²) in [5, 5.41) is 0.435. The zero-order valence-electron chi connectivity index (χ0n) is 22.8. The van der Waals surface area contributed by atoms with Gasteiger partial charge in [-0.2, -0.15) is 0 Å². The van der Waals surface area contributed by atoms with Crippen LogP contribution in [0.5, 0.6) is 17.2 Å². The molecule has 0 aromatic heterocycles. The summed E-state index contributed by atoms with van der Waals surface area (Å²) < 4.78 is 17.5. The largest absolute Gasteiger partial charge is 0.490 e. The molecule has 210 valence electrons. The van der Waals surface area contributed by atoms with Gasteiger partial charge in [-0.05, 0) is 83.3 Å². The number of benzene rings is 3. The van der Waals surface area contributed by atoms with Crippen molar-refractivity contribution in [2.24, 2.45) is 0 Å². The van der Waals surface area contributed by atoms with Gasteiger partial charge in [-0.1, -0.05) is 68.2 Å². The van der Waals surface area contributed by atoms with E-state index in [9.17, 15) is 9.59 Å². The summed E-state index contributed by atoms with van der Waals surface area (Å²) in [5.74, 6) is 1.52. The highest BCUT2D eigenvalue weighted by Crippen LogP contribution is 2.36. The predicted molar refractivity (Wildman–Crippen MR) is 162 cm³/mol. The average Bonchev–Trinajstić information content (AvgIpc) is 3.17. The van der Waals surface area contributed by atoms with Crippen molar-refractivity contribution in [3.8, 4) is 17.2 Å². The van der Waals surface area contributed by atoms with E-state index >= 15 is 0 Å². The number of carbonyl (C=O) groups excluding carboxylic acids is 2. The van der Waals surface area contributed by atoms with E-state index in [0.717, 1.165) is 17.5 Å². The fourth-order valence-corrected chi connectivity index (χ4v) is 5.13. The third kappa shape index (κ3) is 7.53. The minimum atomic E-state index is -0.368. The number of halogens is 2. The standard InChI is InChI=1S/C31H31Cl2NO5S/c1-5-37-27-17-20(7-13-26(27)39-15-14-38-23-10-8-22(9-11-23)31(2,3)4)18-28-29(35)34(30(36)40-28)19-21-6-12-24(32)25(33)16-21/h6-13,16-18H,5,14-15,19H2,1-4H3/b28-18-. The summed E-state index contributed by atoms with van der Waals surface area (Å²) in [7, 11) is 0. The highest BCUT2D eigenvalue weighted by molar-refractivity contribution is 8.18. The number of carbonyl (C=O) groups is 2. The maximum atomic E-state index is 13.0. The molecule has 0 atom stereocenters. The minimum Gasteiger partial charge on any atom is -0.490 e. The van der Waals surface area contributed by atoms with Crippen LogP contribution in [0.3, 0.4) is 0 Å². The fourth-order valence-electron chi connectivity index (χ4n) is 3.97. The molecule has 2 amide bonds. The van der Waals surface area contributed by atoms with E-state index in [1.807, 2.05) is 25.1 Å². The molecule has 1 saturated heterocycles. The summed E-state index contributed by atoms with van der Waals surface area (Å²) >= 11 is 13.0. The van der Waals surface area contributed by atoms with Crippen LogP contribution >= 0.6 is 35.0 Å². The van der Waals surface area contributed by atoms with Crippen LogP contribution < -0.4 is 14.2 Å². The first kappa shape index (κ1) is 29.8. The lowest BCUT2D eigenvalue weighted by atomic mass is 9.87. The van der Waals surface area contributed by atoms with E-state index in [1.165, 1.54) is 10.5 Å². The molecule has 0 saturated carbocycles. The second kappa shape index (κ2) is 13.0. The topological polar surface area (TPSA) is 65.1 Å². The van der Waals surface area contributed by atoms with Gasteiger partial charge in [0.15, 0.2) is 11.5 Å². The van der Waals surface area contributed by atoms with Crippen molar-refractivity contribution in [3.05, 3.63) is 92.3 Å². The molecule has 0 radical (unpaired) electrons. The molecule has 1 aliphatic heterocycles. The van der Waals surface area contributed by atoms with Crippen molar-refractivity contribution in [3.63, 3.8) is 0 Å². The fraction of sp³-hybridized carbons (Fsp3) is 0.290. The third-order valence-electron chi connectivity index (χ3n) is 6.09. The van der Waals surface area contributed by atoms with Crippen LogP contribution in [0.1, 0.15) is 44.4 Å². The van der Waals surface area contributed by atoms with Gasteiger partial charge < -0.3 is 14.2 Å². The summed E-state index contributed by atoms with van der Waals surface area (Å²) in [6.45, 7) is 9.65. The van der Waals surface area contributed by atoms with Crippen molar-refractivity contribution in [1.29, 1.82) is 0 Å². The highest BCUT2D eigenvalue weighted by atomic mass is 35.5. The lowest BCUT2D eigenvalue weighted by Crippen LogP contribution is -2.27. The molecule has 6 nitrogen and oxygen atoms in total. The van der Waals surface area contributed by atoms with E-state index in [2.05, 4.69) is 32.9 Å². The van der Waals surface area contributed by atoms with E-state index in [-0.39, 0.29) is 23.1 Å². The lowest BCUT2D eigenvalue weighted by molar-refractivity contribution is -0.123. The molecule has 0 unspecified atom stereocenters. The van der Waals surface area contributed by atoms with Gasteiger partial charge in [-0.15, -0.1) is 0 Å². The molecule has 0 spiro atoms. The van der Waals surface area contributed by atoms with E-state index in [4.69, 9.17) is 37.4 Å². The molecule has 40 heavy (non-hydrogen) atoms. The first-order chi connectivity index (χ1) is 19.0. The van der Waals surface area contributed by atoms with Gasteiger partial charge in [-0.3, -0.25) is 14.5 Å². The third-order valence-corrected chi connectivity index (χ3v) is 7.74. The molecule has 1 fully saturated rings. The smallest absolute Gasteiger partial charge is 0.293 e. The number of nitrogens with zero attached hydrogens (tertiary/aromatic N) is 1. The van der Waals surface area contributed by atoms with Crippen LogP contribution in [-0.2, 0) is 16.8 Å². The molecule has 9 heteroatoms. The zero-order valence-corrected chi connectivity index (χ0v) is 25.2. The quantitative estimate of drug-likeness (QED) is 0.172. The van der Waals surface area contributed by atoms with Crippen LogP contribution in [0.25, 0.3) is 6.08 Å². The Labute approximate surface area is 249 Å². The zero-order chi connectivity index (χ0) is 28.9. The Morgan fingerprint density at radius 3 is 2.25 bits per heavy atom. The Balaban J connectivity index is 1.38. The van der Waals surface area contributed by atoms with Gasteiger partial charge in [0.25, 0.3) is 11.1 Å². The first-order valence-electron chi connectivity index (χ1n) is 12.9. The van der Waals surface area contributed by atoms with E-state index in [1.54, 1.807) is 36.4 Å². The molecular formula is C31H31Cl2NO5S. The van der Waals surface area contributed by atoms with E-state index < -0.39 is 0 Å². The summed E-state index contributed by atoms with van der Waals surface area (Å²) in [5.41, 5.74) is 2.76. The normalized spacial score (nSPS) is 14.7. The number of imide groups is 1. The summed E-state index contributed by atoms with van der Waals surface area (Å²) in [6.07, 6.45) is 1.68. The van der Waals surface area contributed by atoms with Crippen molar-refractivity contribution in [2.75, 3.05) is 19.8 Å². The Morgan fingerprint density at radius 1 is 0.850 bits per heavy atom. The van der Waals surface area contributed by atoms with Crippen LogP contribution in [0.4, 0.5) is 4.79 Å². The van der Waals surface area contributed by atoms with E-state index in [0.29, 0.717) is 57.4 Å². The first-order valence-corrected chi connectivity index (χ1v) is 14.4. The average molecular weight is 601 g/mol. The molecule has 3 aromatic rings. The van der Waals surface area contributed by atoms with Crippen molar-refractivity contribution in [2.45, 2.75) is 39.7 Å². The number of hydrogen-bond donors (Lipinski definition) is 0. The SMILES string of the molecule is CCOc1cc(/C=C2\SC(=O)N(Cc3ccc(Cl)c(Cl)c3)C2=O)ccc1OCCOc1ccc(C(C)(C)C)cc1. The second-order valence-electron chi connectivity index (χ2n) is 10.1. The second-order valence-corrected chi connectivity index (χ2v) is 11.9. The van der Waals surface area contributed by atoms with Crippen molar-refractivity contribution < 1.29 is 23.8 Å². The molecule has 1 heterocycles. The van der Waals surface area contributed by atoms with Crippen LogP contribution in [0.2, 0.25) is 10.0 Å². The molecule has 3 aromatic carbocycles. The maximum Gasteiger partial charge on any atom is 0.293 e. The number of hydrogen-bond acceptors (Lipinski definition) is 6. The highest BCUT2D eigenvalue weighted by Gasteiger charge is 2.35. The predicted octanol–water partition coefficient (Wildman–Crippen LogP) is 8.38. The molecule has 4 rings (SSSR count). The number of thioether (sulfide) groups is 1. The molecule has 0 aliphatic carbocycles. The summed E-state index contributed by atoms with van der Waals surface area (Å²) in [4.78, 5) is 27.1. The molecule has 1 aliphatic rings. The lowest BCUT2D eigenvalue weighted by Gasteiger charge is -2.19. The van der Waals surface area contributed by atoms with Gasteiger partial charge in [0.05, 0.1) is 28.1 Å². The van der Waals surface area contributed by atoms with Crippen molar-refractivity contribution in [1.82, 2.24) is 4.90 Å². The Kier molecular flexibility index (Phi) is 9.72. The monoisotopic (exact) mass is 599 g/mol. The number of rotatable bonds is 10. The Bertz CT molecular complexity index is 1420. The number of amides is 2. The molecular weight excluding hydrogens is 569 g/mol. The number of ether oxygens (including phenoxy) is 3. The maximum absolute atomic E-state index is 13.0. The van der Waals surface area contributed by atoms with Crippen molar-refractivity contribution >= 4 is 52.2 Å². The van der Waals surface area contributed by atoms with Gasteiger partial charge in [0.1, 0.15) is 19.0 Å². The Hall–Kier alpha value is -3.13. The van der Waals surface area contributed by atoms with Gasteiger partial charge >= 0.3 is 0 Å². The van der Waals surface area contributed by atoms with Crippen LogP contribution in [-0.4, -0.2) is 35.9 Å². The Morgan fingerprint density at radius 2 is 1.57 bits per heavy atom. The van der Waals surface area contributed by atoms with Crippen LogP contribution in [0, 0.1) is 0 Å².